The molecule has 0 saturated carbocycles. The van der Waals surface area contributed by atoms with E-state index < -0.39 is 0 Å². The molecule has 0 unspecified atom stereocenters. The van der Waals surface area contributed by atoms with Gasteiger partial charge in [-0.3, -0.25) is 0 Å². The number of anilines is 1. The maximum Gasteiger partial charge on any atom is 0.160 e. The average molecular weight is 209 g/mol. The van der Waals surface area contributed by atoms with E-state index >= 15 is 0 Å². The van der Waals surface area contributed by atoms with E-state index in [4.69, 9.17) is 4.52 Å². The zero-order valence-electron chi connectivity index (χ0n) is 9.49. The summed E-state index contributed by atoms with van der Waals surface area (Å²) in [5.74, 6) is 1.64. The highest BCUT2D eigenvalue weighted by Gasteiger charge is 2.18. The molecule has 1 aromatic rings. The van der Waals surface area contributed by atoms with Gasteiger partial charge in [-0.2, -0.15) is 0 Å². The molecule has 1 aromatic heterocycles. The maximum atomic E-state index is 5.32. The molecule has 2 heterocycles. The van der Waals surface area contributed by atoms with E-state index in [2.05, 4.69) is 29.2 Å². The molecule has 0 aliphatic carbocycles. The zero-order valence-corrected chi connectivity index (χ0v) is 9.49. The topological polar surface area (TPSA) is 41.3 Å². The van der Waals surface area contributed by atoms with Crippen LogP contribution in [0, 0.1) is 5.92 Å². The van der Waals surface area contributed by atoms with Crippen molar-refractivity contribution in [3.05, 3.63) is 12.0 Å². The Hall–Kier alpha value is -1.03. The van der Waals surface area contributed by atoms with Crippen molar-refractivity contribution in [2.45, 2.75) is 20.3 Å². The van der Waals surface area contributed by atoms with Gasteiger partial charge in [-0.1, -0.05) is 19.0 Å². The maximum absolute atomic E-state index is 5.32. The van der Waals surface area contributed by atoms with Crippen LogP contribution in [-0.2, 0) is 6.42 Å². The Kier molecular flexibility index (Phi) is 3.26. The lowest BCUT2D eigenvalue weighted by Crippen LogP contribution is -2.43. The SMILES string of the molecule is CC(C)Cc1oncc1N1CCNCC1. The molecule has 4 heteroatoms. The van der Waals surface area contributed by atoms with Crippen molar-refractivity contribution in [2.24, 2.45) is 5.92 Å². The number of nitrogens with one attached hydrogen (secondary N) is 1. The number of piperazine rings is 1. The van der Waals surface area contributed by atoms with Gasteiger partial charge in [-0.15, -0.1) is 0 Å². The van der Waals surface area contributed by atoms with Crippen LogP contribution in [0.25, 0.3) is 0 Å². The molecule has 1 fully saturated rings. The van der Waals surface area contributed by atoms with Crippen LogP contribution in [0.15, 0.2) is 10.7 Å². The van der Waals surface area contributed by atoms with E-state index in [-0.39, 0.29) is 0 Å². The molecular formula is C11H19N3O. The predicted octanol–water partition coefficient (Wildman–Crippen LogP) is 1.28. The highest BCUT2D eigenvalue weighted by Crippen LogP contribution is 2.23. The minimum atomic E-state index is 0.611. The third kappa shape index (κ3) is 2.50. The van der Waals surface area contributed by atoms with E-state index in [0.29, 0.717) is 5.92 Å². The summed E-state index contributed by atoms with van der Waals surface area (Å²) in [7, 11) is 0. The average Bonchev–Trinajstić information content (AvgIpc) is 2.66. The lowest BCUT2D eigenvalue weighted by molar-refractivity contribution is 0.368. The molecule has 0 spiro atoms. The van der Waals surface area contributed by atoms with Crippen LogP contribution in [0.5, 0.6) is 0 Å². The number of aromatic nitrogens is 1. The van der Waals surface area contributed by atoms with Gasteiger partial charge in [-0.05, 0) is 5.92 Å². The van der Waals surface area contributed by atoms with Crippen LogP contribution >= 0.6 is 0 Å². The fourth-order valence-corrected chi connectivity index (χ4v) is 1.94. The van der Waals surface area contributed by atoms with Gasteiger partial charge in [0.15, 0.2) is 5.76 Å². The molecule has 15 heavy (non-hydrogen) atoms. The normalized spacial score (nSPS) is 17.4. The Morgan fingerprint density at radius 3 is 2.87 bits per heavy atom. The van der Waals surface area contributed by atoms with Crippen molar-refractivity contribution in [3.8, 4) is 0 Å². The highest BCUT2D eigenvalue weighted by atomic mass is 16.5. The molecule has 1 aliphatic heterocycles. The lowest BCUT2D eigenvalue weighted by Gasteiger charge is -2.28. The largest absolute Gasteiger partial charge is 0.365 e. The minimum Gasteiger partial charge on any atom is -0.365 e. The summed E-state index contributed by atoms with van der Waals surface area (Å²) < 4.78 is 5.32. The van der Waals surface area contributed by atoms with E-state index in [0.717, 1.165) is 38.4 Å². The summed E-state index contributed by atoms with van der Waals surface area (Å²) in [4.78, 5) is 2.35. The third-order valence-electron chi connectivity index (χ3n) is 2.67. The fraction of sp³-hybridized carbons (Fsp3) is 0.727. The van der Waals surface area contributed by atoms with Crippen LogP contribution in [-0.4, -0.2) is 31.3 Å². The smallest absolute Gasteiger partial charge is 0.160 e. The first-order valence-corrected chi connectivity index (χ1v) is 5.66. The molecule has 0 bridgehead atoms. The number of hydrogen-bond acceptors (Lipinski definition) is 4. The van der Waals surface area contributed by atoms with Crippen molar-refractivity contribution >= 4 is 5.69 Å². The van der Waals surface area contributed by atoms with Gasteiger partial charge < -0.3 is 14.7 Å². The predicted molar refractivity (Wildman–Crippen MR) is 60.1 cm³/mol. The first-order chi connectivity index (χ1) is 7.27. The van der Waals surface area contributed by atoms with Gasteiger partial charge in [0.25, 0.3) is 0 Å². The molecule has 2 rings (SSSR count). The molecule has 0 aromatic carbocycles. The quantitative estimate of drug-likeness (QED) is 0.814. The van der Waals surface area contributed by atoms with E-state index in [1.807, 2.05) is 6.20 Å². The molecular weight excluding hydrogens is 190 g/mol. The van der Waals surface area contributed by atoms with Gasteiger partial charge in [-0.25, -0.2) is 0 Å². The van der Waals surface area contributed by atoms with Crippen molar-refractivity contribution < 1.29 is 4.52 Å². The van der Waals surface area contributed by atoms with Crippen LogP contribution in [0.1, 0.15) is 19.6 Å². The molecule has 0 amide bonds. The van der Waals surface area contributed by atoms with Crippen molar-refractivity contribution in [3.63, 3.8) is 0 Å². The first kappa shape index (κ1) is 10.5. The Balaban J connectivity index is 2.09. The summed E-state index contributed by atoms with van der Waals surface area (Å²) in [6.07, 6.45) is 2.82. The fourth-order valence-electron chi connectivity index (χ4n) is 1.94. The van der Waals surface area contributed by atoms with Crippen LogP contribution in [0.4, 0.5) is 5.69 Å². The molecule has 4 nitrogen and oxygen atoms in total. The first-order valence-electron chi connectivity index (χ1n) is 5.66. The van der Waals surface area contributed by atoms with Gasteiger partial charge in [0.05, 0.1) is 6.20 Å². The molecule has 1 aliphatic rings. The second-order valence-corrected chi connectivity index (χ2v) is 4.47. The molecule has 1 saturated heterocycles. The third-order valence-corrected chi connectivity index (χ3v) is 2.67. The summed E-state index contributed by atoms with van der Waals surface area (Å²) in [5.41, 5.74) is 1.19. The van der Waals surface area contributed by atoms with Gasteiger partial charge in [0.1, 0.15) is 5.69 Å². The van der Waals surface area contributed by atoms with Crippen molar-refractivity contribution in [1.82, 2.24) is 10.5 Å². The molecule has 0 radical (unpaired) electrons. The van der Waals surface area contributed by atoms with Crippen LogP contribution in [0.3, 0.4) is 0 Å². The van der Waals surface area contributed by atoms with E-state index in [1.54, 1.807) is 0 Å². The number of nitrogens with zero attached hydrogens (tertiary/aromatic N) is 2. The van der Waals surface area contributed by atoms with Crippen LogP contribution < -0.4 is 10.2 Å². The second-order valence-electron chi connectivity index (χ2n) is 4.47. The number of hydrogen-bond donors (Lipinski definition) is 1. The van der Waals surface area contributed by atoms with Crippen molar-refractivity contribution in [2.75, 3.05) is 31.1 Å². The summed E-state index contributed by atoms with van der Waals surface area (Å²) in [6, 6.07) is 0. The standard InChI is InChI=1S/C11H19N3O/c1-9(2)7-11-10(8-13-15-11)14-5-3-12-4-6-14/h8-9,12H,3-7H2,1-2H3. The second kappa shape index (κ2) is 4.66. The summed E-state index contributed by atoms with van der Waals surface area (Å²) in [6.45, 7) is 8.59. The van der Waals surface area contributed by atoms with E-state index in [1.165, 1.54) is 5.69 Å². The summed E-state index contributed by atoms with van der Waals surface area (Å²) >= 11 is 0. The van der Waals surface area contributed by atoms with Gasteiger partial charge in [0.2, 0.25) is 0 Å². The molecule has 0 atom stereocenters. The zero-order chi connectivity index (χ0) is 10.7. The highest BCUT2D eigenvalue weighted by molar-refractivity contribution is 5.48. The molecule has 1 N–H and O–H groups in total. The van der Waals surface area contributed by atoms with E-state index in [9.17, 15) is 0 Å². The molecule has 84 valence electrons. The Morgan fingerprint density at radius 1 is 1.47 bits per heavy atom. The lowest BCUT2D eigenvalue weighted by atomic mass is 10.1. The minimum absolute atomic E-state index is 0.611. The Morgan fingerprint density at radius 2 is 2.20 bits per heavy atom. The summed E-state index contributed by atoms with van der Waals surface area (Å²) in [5, 5.41) is 7.26. The van der Waals surface area contributed by atoms with Crippen molar-refractivity contribution in [1.29, 1.82) is 0 Å². The van der Waals surface area contributed by atoms with Crippen LogP contribution in [0.2, 0.25) is 0 Å². The van der Waals surface area contributed by atoms with Gasteiger partial charge in [0, 0.05) is 32.6 Å². The monoisotopic (exact) mass is 209 g/mol. The Labute approximate surface area is 90.6 Å². The van der Waals surface area contributed by atoms with Gasteiger partial charge >= 0.3 is 0 Å². The Bertz CT molecular complexity index is 303. The number of rotatable bonds is 3.